The van der Waals surface area contributed by atoms with E-state index in [0.29, 0.717) is 12.0 Å². The zero-order chi connectivity index (χ0) is 14.8. The number of nitrogens with zero attached hydrogens (tertiary/aromatic N) is 3. The summed E-state index contributed by atoms with van der Waals surface area (Å²) in [5.41, 5.74) is 2.07. The van der Waals surface area contributed by atoms with Gasteiger partial charge in [0.2, 0.25) is 0 Å². The molecule has 0 aromatic carbocycles. The first-order valence-corrected chi connectivity index (χ1v) is 8.51. The Balaban J connectivity index is 1.63. The van der Waals surface area contributed by atoms with E-state index in [1.54, 1.807) is 0 Å². The molecule has 0 amide bonds. The molecule has 1 unspecified atom stereocenters. The van der Waals surface area contributed by atoms with E-state index < -0.39 is 0 Å². The largest absolute Gasteiger partial charge is 0.381 e. The third kappa shape index (κ3) is 2.88. The van der Waals surface area contributed by atoms with E-state index in [0.717, 1.165) is 56.7 Å². The molecule has 2 fully saturated rings. The Morgan fingerprint density at radius 1 is 1.27 bits per heavy atom. The smallest absolute Gasteiger partial charge is 0.159 e. The number of hydrogen-bond donors (Lipinski definition) is 1. The summed E-state index contributed by atoms with van der Waals surface area (Å²) >= 11 is 0. The highest BCUT2D eigenvalue weighted by Crippen LogP contribution is 2.23. The van der Waals surface area contributed by atoms with Crippen LogP contribution in [0.15, 0.2) is 18.3 Å². The van der Waals surface area contributed by atoms with Gasteiger partial charge in [-0.2, -0.15) is 0 Å². The number of fused-ring (bicyclic) bond motifs is 1. The van der Waals surface area contributed by atoms with E-state index in [1.807, 2.05) is 12.3 Å². The molecule has 0 bridgehead atoms. The Morgan fingerprint density at radius 2 is 2.18 bits per heavy atom. The van der Waals surface area contributed by atoms with Crippen molar-refractivity contribution < 1.29 is 4.74 Å². The normalized spacial score (nSPS) is 23.4. The van der Waals surface area contributed by atoms with Crippen LogP contribution in [-0.2, 0) is 17.7 Å². The van der Waals surface area contributed by atoms with Crippen molar-refractivity contribution in [1.82, 2.24) is 19.9 Å². The Labute approximate surface area is 131 Å². The molecule has 2 aliphatic rings. The number of nitrogens with one attached hydrogen (secondary N) is 1. The number of hydrogen-bond acceptors (Lipinski definition) is 4. The monoisotopic (exact) mass is 300 g/mol. The van der Waals surface area contributed by atoms with Crippen LogP contribution in [0, 0.1) is 5.92 Å². The quantitative estimate of drug-likeness (QED) is 0.940. The highest BCUT2D eigenvalue weighted by atomic mass is 16.5. The van der Waals surface area contributed by atoms with Crippen molar-refractivity contribution in [3.8, 4) is 0 Å². The minimum absolute atomic E-state index is 0.574. The minimum Gasteiger partial charge on any atom is -0.381 e. The number of aromatic nitrogens is 3. The van der Waals surface area contributed by atoms with Crippen molar-refractivity contribution >= 4 is 11.2 Å². The molecule has 22 heavy (non-hydrogen) atoms. The number of imidazole rings is 1. The van der Waals surface area contributed by atoms with Gasteiger partial charge in [0.15, 0.2) is 5.65 Å². The van der Waals surface area contributed by atoms with Crippen LogP contribution in [0.4, 0.5) is 0 Å². The first kappa shape index (κ1) is 14.2. The third-order valence-corrected chi connectivity index (χ3v) is 4.96. The molecule has 0 aliphatic carbocycles. The first-order valence-electron chi connectivity index (χ1n) is 8.51. The van der Waals surface area contributed by atoms with E-state index in [1.165, 1.54) is 18.7 Å². The number of pyridine rings is 1. The minimum atomic E-state index is 0.574. The highest BCUT2D eigenvalue weighted by molar-refractivity contribution is 5.71. The molecule has 2 saturated heterocycles. The Morgan fingerprint density at radius 3 is 3.00 bits per heavy atom. The second kappa shape index (κ2) is 6.34. The molecule has 2 aromatic heterocycles. The van der Waals surface area contributed by atoms with Crippen molar-refractivity contribution in [2.24, 2.45) is 5.92 Å². The topological polar surface area (TPSA) is 52.0 Å². The van der Waals surface area contributed by atoms with Gasteiger partial charge in [-0.1, -0.05) is 0 Å². The van der Waals surface area contributed by atoms with Gasteiger partial charge < -0.3 is 14.6 Å². The van der Waals surface area contributed by atoms with Gasteiger partial charge in [0, 0.05) is 38.4 Å². The van der Waals surface area contributed by atoms with Gasteiger partial charge in [0.05, 0.1) is 0 Å². The van der Waals surface area contributed by atoms with Crippen molar-refractivity contribution in [1.29, 1.82) is 0 Å². The van der Waals surface area contributed by atoms with Crippen LogP contribution in [0.5, 0.6) is 0 Å². The van der Waals surface area contributed by atoms with E-state index in [-0.39, 0.29) is 0 Å². The lowest BCUT2D eigenvalue weighted by molar-refractivity contribution is 0.0613. The molecule has 1 atom stereocenters. The summed E-state index contributed by atoms with van der Waals surface area (Å²) in [7, 11) is 0. The standard InChI is InChI=1S/C17H24N4O/c1-3-14(18-7-1)11-16-20-15-4-2-8-19-17(15)21(16)12-13-5-9-22-10-6-13/h2,4,8,13-14,18H,1,3,5-7,9-12H2. The van der Waals surface area contributed by atoms with Crippen LogP contribution in [0.1, 0.15) is 31.5 Å². The Bertz CT molecular complexity index is 627. The van der Waals surface area contributed by atoms with E-state index in [2.05, 4.69) is 20.9 Å². The summed E-state index contributed by atoms with van der Waals surface area (Å²) in [4.78, 5) is 9.46. The van der Waals surface area contributed by atoms with Crippen LogP contribution in [0.2, 0.25) is 0 Å². The predicted octanol–water partition coefficient (Wildman–Crippen LogP) is 2.15. The zero-order valence-electron chi connectivity index (χ0n) is 13.0. The summed E-state index contributed by atoms with van der Waals surface area (Å²) < 4.78 is 7.86. The van der Waals surface area contributed by atoms with Crippen LogP contribution >= 0.6 is 0 Å². The van der Waals surface area contributed by atoms with Gasteiger partial charge in [0.1, 0.15) is 11.3 Å². The van der Waals surface area contributed by atoms with Crippen molar-refractivity contribution in [2.45, 2.75) is 44.7 Å². The van der Waals surface area contributed by atoms with Gasteiger partial charge in [-0.05, 0) is 50.3 Å². The molecule has 4 heterocycles. The van der Waals surface area contributed by atoms with Crippen molar-refractivity contribution in [2.75, 3.05) is 19.8 Å². The summed E-state index contributed by atoms with van der Waals surface area (Å²) in [6.45, 7) is 3.95. The maximum absolute atomic E-state index is 5.49. The lowest BCUT2D eigenvalue weighted by atomic mass is 10.00. The fraction of sp³-hybridized carbons (Fsp3) is 0.647. The molecule has 0 radical (unpaired) electrons. The van der Waals surface area contributed by atoms with Gasteiger partial charge in [-0.15, -0.1) is 0 Å². The maximum atomic E-state index is 5.49. The lowest BCUT2D eigenvalue weighted by Gasteiger charge is -2.23. The fourth-order valence-electron chi connectivity index (χ4n) is 3.69. The van der Waals surface area contributed by atoms with E-state index in [4.69, 9.17) is 9.72 Å². The van der Waals surface area contributed by atoms with Crippen molar-refractivity contribution in [3.63, 3.8) is 0 Å². The first-order chi connectivity index (χ1) is 10.9. The van der Waals surface area contributed by atoms with Gasteiger partial charge in [-0.25, -0.2) is 9.97 Å². The van der Waals surface area contributed by atoms with E-state index in [9.17, 15) is 0 Å². The summed E-state index contributed by atoms with van der Waals surface area (Å²) in [5, 5.41) is 3.59. The van der Waals surface area contributed by atoms with Crippen LogP contribution < -0.4 is 5.32 Å². The lowest BCUT2D eigenvalue weighted by Crippen LogP contribution is -2.27. The van der Waals surface area contributed by atoms with Crippen LogP contribution in [-0.4, -0.2) is 40.3 Å². The summed E-state index contributed by atoms with van der Waals surface area (Å²) in [6, 6.07) is 4.63. The Hall–Kier alpha value is -1.46. The average Bonchev–Trinajstić information content (AvgIpc) is 3.18. The number of ether oxygens (including phenoxy) is 1. The molecule has 2 aromatic rings. The molecule has 0 saturated carbocycles. The maximum Gasteiger partial charge on any atom is 0.159 e. The molecular formula is C17H24N4O. The Kier molecular flexibility index (Phi) is 4.08. The zero-order valence-corrected chi connectivity index (χ0v) is 13.0. The highest BCUT2D eigenvalue weighted by Gasteiger charge is 2.22. The summed E-state index contributed by atoms with van der Waals surface area (Å²) in [5.74, 6) is 1.88. The summed E-state index contributed by atoms with van der Waals surface area (Å²) in [6.07, 6.45) is 7.72. The van der Waals surface area contributed by atoms with Gasteiger partial charge >= 0.3 is 0 Å². The van der Waals surface area contributed by atoms with Gasteiger partial charge in [-0.3, -0.25) is 0 Å². The SMILES string of the molecule is c1cnc2c(c1)nc(CC1CCCN1)n2CC1CCOCC1. The number of rotatable bonds is 4. The van der Waals surface area contributed by atoms with Crippen LogP contribution in [0.3, 0.4) is 0 Å². The second-order valence-electron chi connectivity index (χ2n) is 6.54. The third-order valence-electron chi connectivity index (χ3n) is 4.96. The average molecular weight is 300 g/mol. The molecule has 1 N–H and O–H groups in total. The van der Waals surface area contributed by atoms with Crippen LogP contribution in [0.25, 0.3) is 11.2 Å². The van der Waals surface area contributed by atoms with Gasteiger partial charge in [0.25, 0.3) is 0 Å². The van der Waals surface area contributed by atoms with Crippen molar-refractivity contribution in [3.05, 3.63) is 24.2 Å². The molecule has 5 nitrogen and oxygen atoms in total. The predicted molar refractivity (Wildman–Crippen MR) is 85.8 cm³/mol. The molecule has 4 rings (SSSR count). The molecule has 118 valence electrons. The molecule has 2 aliphatic heterocycles. The second-order valence-corrected chi connectivity index (χ2v) is 6.54. The molecular weight excluding hydrogens is 276 g/mol. The molecule has 0 spiro atoms. The fourth-order valence-corrected chi connectivity index (χ4v) is 3.69. The van der Waals surface area contributed by atoms with E-state index >= 15 is 0 Å². The molecule has 5 heteroatoms.